The van der Waals surface area contributed by atoms with Crippen LogP contribution in [0.3, 0.4) is 0 Å². The topological polar surface area (TPSA) is 58.5 Å². The molecule has 1 aromatic heterocycles. The van der Waals surface area contributed by atoms with E-state index in [1.807, 2.05) is 0 Å². The van der Waals surface area contributed by atoms with Crippen LogP contribution in [-0.4, -0.2) is 40.4 Å². The smallest absolute Gasteiger partial charge is 0.147 e. The third-order valence-corrected chi connectivity index (χ3v) is 3.88. The Bertz CT molecular complexity index is 394. The molecule has 2 atom stereocenters. The first-order chi connectivity index (χ1) is 8.88. The number of anilines is 1. The molecule has 18 heavy (non-hydrogen) atoms. The standard InChI is InChI=1S/C13H19N3O2/c17-9-10-7-15-13(8-14-10)16-5-6-18-12-4-2-1-3-11(12)16/h7-8,11-12,17H,1-6,9H2. The maximum atomic E-state index is 8.99. The normalized spacial score (nSPS) is 27.9. The van der Waals surface area contributed by atoms with Crippen LogP contribution >= 0.6 is 0 Å². The van der Waals surface area contributed by atoms with Gasteiger partial charge in [0.15, 0.2) is 0 Å². The van der Waals surface area contributed by atoms with Crippen LogP contribution in [0.5, 0.6) is 0 Å². The number of aliphatic hydroxyl groups is 1. The fourth-order valence-corrected chi connectivity index (χ4v) is 2.96. The van der Waals surface area contributed by atoms with Crippen molar-refractivity contribution in [3.05, 3.63) is 18.1 Å². The minimum atomic E-state index is -0.0531. The van der Waals surface area contributed by atoms with E-state index in [1.54, 1.807) is 12.4 Å². The second-order valence-electron chi connectivity index (χ2n) is 4.98. The van der Waals surface area contributed by atoms with Crippen molar-refractivity contribution in [3.8, 4) is 0 Å². The van der Waals surface area contributed by atoms with Crippen LogP contribution < -0.4 is 4.90 Å². The van der Waals surface area contributed by atoms with Crippen LogP contribution in [0.15, 0.2) is 12.4 Å². The number of hydrogen-bond donors (Lipinski definition) is 1. The summed E-state index contributed by atoms with van der Waals surface area (Å²) in [4.78, 5) is 10.9. The van der Waals surface area contributed by atoms with Crippen LogP contribution in [-0.2, 0) is 11.3 Å². The molecule has 0 amide bonds. The van der Waals surface area contributed by atoms with Crippen molar-refractivity contribution in [3.63, 3.8) is 0 Å². The lowest BCUT2D eigenvalue weighted by Crippen LogP contribution is -2.53. The number of morpholine rings is 1. The third kappa shape index (κ3) is 2.20. The predicted octanol–water partition coefficient (Wildman–Crippen LogP) is 1.12. The molecule has 2 unspecified atom stereocenters. The Hall–Kier alpha value is -1.20. The van der Waals surface area contributed by atoms with Gasteiger partial charge in [0.05, 0.1) is 43.4 Å². The van der Waals surface area contributed by atoms with Crippen LogP contribution in [0.25, 0.3) is 0 Å². The molecule has 5 heteroatoms. The maximum absolute atomic E-state index is 8.99. The van der Waals surface area contributed by atoms with Crippen molar-refractivity contribution >= 4 is 5.82 Å². The van der Waals surface area contributed by atoms with E-state index in [-0.39, 0.29) is 6.61 Å². The van der Waals surface area contributed by atoms with E-state index in [0.29, 0.717) is 17.8 Å². The first kappa shape index (κ1) is 11.9. The zero-order valence-corrected chi connectivity index (χ0v) is 10.5. The summed E-state index contributed by atoms with van der Waals surface area (Å²) in [7, 11) is 0. The highest BCUT2D eigenvalue weighted by atomic mass is 16.5. The van der Waals surface area contributed by atoms with E-state index in [2.05, 4.69) is 14.9 Å². The molecule has 2 heterocycles. The minimum absolute atomic E-state index is 0.0531. The first-order valence-electron chi connectivity index (χ1n) is 6.68. The Morgan fingerprint density at radius 3 is 2.94 bits per heavy atom. The Labute approximate surface area is 107 Å². The zero-order valence-electron chi connectivity index (χ0n) is 10.5. The Morgan fingerprint density at radius 2 is 2.17 bits per heavy atom. The molecule has 1 saturated carbocycles. The molecular weight excluding hydrogens is 230 g/mol. The highest BCUT2D eigenvalue weighted by Crippen LogP contribution is 2.30. The summed E-state index contributed by atoms with van der Waals surface area (Å²) in [5.41, 5.74) is 0.618. The maximum Gasteiger partial charge on any atom is 0.147 e. The van der Waals surface area contributed by atoms with Gasteiger partial charge >= 0.3 is 0 Å². The Morgan fingerprint density at radius 1 is 1.28 bits per heavy atom. The quantitative estimate of drug-likeness (QED) is 0.851. The minimum Gasteiger partial charge on any atom is -0.390 e. The molecule has 0 bridgehead atoms. The van der Waals surface area contributed by atoms with E-state index in [1.165, 1.54) is 19.3 Å². The fraction of sp³-hybridized carbons (Fsp3) is 0.692. The molecule has 2 fully saturated rings. The number of ether oxygens (including phenoxy) is 1. The van der Waals surface area contributed by atoms with Gasteiger partial charge in [-0.05, 0) is 12.8 Å². The molecule has 3 rings (SSSR count). The lowest BCUT2D eigenvalue weighted by atomic mass is 9.90. The summed E-state index contributed by atoms with van der Waals surface area (Å²) in [6, 6.07) is 0.446. The van der Waals surface area contributed by atoms with Gasteiger partial charge in [-0.1, -0.05) is 12.8 Å². The second-order valence-corrected chi connectivity index (χ2v) is 4.98. The molecule has 1 aromatic rings. The van der Waals surface area contributed by atoms with E-state index in [4.69, 9.17) is 9.84 Å². The molecule has 0 aromatic carbocycles. The number of hydrogen-bond acceptors (Lipinski definition) is 5. The average Bonchev–Trinajstić information content (AvgIpc) is 2.47. The lowest BCUT2D eigenvalue weighted by Gasteiger charge is -2.44. The van der Waals surface area contributed by atoms with Crippen molar-refractivity contribution < 1.29 is 9.84 Å². The van der Waals surface area contributed by atoms with Crippen LogP contribution in [0, 0.1) is 0 Å². The summed E-state index contributed by atoms with van der Waals surface area (Å²) < 4.78 is 5.85. The van der Waals surface area contributed by atoms with Gasteiger partial charge in [0, 0.05) is 6.54 Å². The molecule has 0 radical (unpaired) electrons. The number of aliphatic hydroxyl groups excluding tert-OH is 1. The zero-order chi connectivity index (χ0) is 12.4. The highest BCUT2D eigenvalue weighted by molar-refractivity contribution is 5.38. The number of nitrogens with zero attached hydrogens (tertiary/aromatic N) is 3. The molecule has 2 aliphatic rings. The molecular formula is C13H19N3O2. The van der Waals surface area contributed by atoms with Crippen molar-refractivity contribution in [2.45, 2.75) is 44.4 Å². The summed E-state index contributed by atoms with van der Waals surface area (Å²) in [6.07, 6.45) is 8.64. The lowest BCUT2D eigenvalue weighted by molar-refractivity contribution is -0.00901. The van der Waals surface area contributed by atoms with Gasteiger partial charge in [0.2, 0.25) is 0 Å². The summed E-state index contributed by atoms with van der Waals surface area (Å²) in [5, 5.41) is 8.99. The molecule has 5 nitrogen and oxygen atoms in total. The first-order valence-corrected chi connectivity index (χ1v) is 6.68. The third-order valence-electron chi connectivity index (χ3n) is 3.88. The van der Waals surface area contributed by atoms with Gasteiger partial charge in [-0.2, -0.15) is 0 Å². The molecule has 0 spiro atoms. The molecule has 98 valence electrons. The molecule has 1 N–H and O–H groups in total. The Kier molecular flexibility index (Phi) is 3.43. The van der Waals surface area contributed by atoms with Crippen molar-refractivity contribution in [2.75, 3.05) is 18.1 Å². The fourth-order valence-electron chi connectivity index (χ4n) is 2.96. The second kappa shape index (κ2) is 5.20. The monoisotopic (exact) mass is 249 g/mol. The molecule has 1 saturated heterocycles. The van der Waals surface area contributed by atoms with E-state index in [0.717, 1.165) is 25.4 Å². The molecule has 1 aliphatic carbocycles. The highest BCUT2D eigenvalue weighted by Gasteiger charge is 2.34. The van der Waals surface area contributed by atoms with E-state index < -0.39 is 0 Å². The van der Waals surface area contributed by atoms with Crippen molar-refractivity contribution in [1.82, 2.24) is 9.97 Å². The van der Waals surface area contributed by atoms with Crippen LogP contribution in [0.4, 0.5) is 5.82 Å². The van der Waals surface area contributed by atoms with Crippen LogP contribution in [0.1, 0.15) is 31.4 Å². The van der Waals surface area contributed by atoms with E-state index >= 15 is 0 Å². The summed E-state index contributed by atoms with van der Waals surface area (Å²) in [6.45, 7) is 1.60. The SMILES string of the molecule is OCc1cnc(N2CCOC3CCCCC32)cn1. The van der Waals surface area contributed by atoms with Crippen molar-refractivity contribution in [1.29, 1.82) is 0 Å². The number of rotatable bonds is 2. The van der Waals surface area contributed by atoms with Crippen molar-refractivity contribution in [2.24, 2.45) is 0 Å². The van der Waals surface area contributed by atoms with Gasteiger partial charge in [0.25, 0.3) is 0 Å². The number of fused-ring (bicyclic) bond motifs is 1. The Balaban J connectivity index is 1.80. The van der Waals surface area contributed by atoms with Gasteiger partial charge in [-0.25, -0.2) is 4.98 Å². The average molecular weight is 249 g/mol. The summed E-state index contributed by atoms with van der Waals surface area (Å²) in [5.74, 6) is 0.910. The molecule has 1 aliphatic heterocycles. The predicted molar refractivity (Wildman–Crippen MR) is 67.3 cm³/mol. The van der Waals surface area contributed by atoms with E-state index in [9.17, 15) is 0 Å². The van der Waals surface area contributed by atoms with Gasteiger partial charge in [0.1, 0.15) is 5.82 Å². The van der Waals surface area contributed by atoms with Gasteiger partial charge in [-0.3, -0.25) is 4.98 Å². The number of aromatic nitrogens is 2. The van der Waals surface area contributed by atoms with Gasteiger partial charge in [-0.15, -0.1) is 0 Å². The summed E-state index contributed by atoms with van der Waals surface area (Å²) >= 11 is 0. The van der Waals surface area contributed by atoms with Gasteiger partial charge < -0.3 is 14.7 Å². The largest absolute Gasteiger partial charge is 0.390 e. The van der Waals surface area contributed by atoms with Crippen LogP contribution in [0.2, 0.25) is 0 Å².